The van der Waals surface area contributed by atoms with Crippen molar-refractivity contribution in [1.29, 1.82) is 0 Å². The van der Waals surface area contributed by atoms with Gasteiger partial charge in [0.25, 0.3) is 5.91 Å². The van der Waals surface area contributed by atoms with Crippen LogP contribution in [0.5, 0.6) is 5.75 Å². The molecule has 1 amide bonds. The highest BCUT2D eigenvalue weighted by atomic mass is 79.9. The summed E-state index contributed by atoms with van der Waals surface area (Å²) in [5, 5.41) is 7.09. The molecular weight excluding hydrogens is 396 g/mol. The van der Waals surface area contributed by atoms with Gasteiger partial charge in [0.05, 0.1) is 24.2 Å². The first-order valence-corrected chi connectivity index (χ1v) is 8.92. The third kappa shape index (κ3) is 4.29. The molecular formula is C19H19BrN4O2. The normalized spacial score (nSPS) is 11.8. The van der Waals surface area contributed by atoms with Crippen LogP contribution in [0.25, 0.3) is 0 Å². The Morgan fingerprint density at radius 3 is 2.65 bits per heavy atom. The van der Waals surface area contributed by atoms with Gasteiger partial charge in [0.15, 0.2) is 0 Å². The molecule has 1 atom stereocenters. The lowest BCUT2D eigenvalue weighted by Gasteiger charge is -2.16. The Balaban J connectivity index is 1.64. The molecule has 0 aliphatic carbocycles. The molecule has 0 saturated heterocycles. The van der Waals surface area contributed by atoms with E-state index >= 15 is 0 Å². The molecule has 0 bridgehead atoms. The number of hydrogen-bond donors (Lipinski definition) is 1. The minimum atomic E-state index is -0.125. The Morgan fingerprint density at radius 1 is 1.27 bits per heavy atom. The Bertz CT molecular complexity index is 879. The fraction of sp³-hybridized carbons (Fsp3) is 0.211. The van der Waals surface area contributed by atoms with Crippen molar-refractivity contribution in [3.05, 3.63) is 76.3 Å². The SMILES string of the molecule is COc1ccc(C(C)NC(=O)c2ccc(Cn3cncn3)cc2)cc1Br. The third-order valence-corrected chi connectivity index (χ3v) is 4.67. The summed E-state index contributed by atoms with van der Waals surface area (Å²) in [6.45, 7) is 2.57. The largest absolute Gasteiger partial charge is 0.496 e. The number of benzene rings is 2. The molecule has 134 valence electrons. The lowest BCUT2D eigenvalue weighted by atomic mass is 10.1. The summed E-state index contributed by atoms with van der Waals surface area (Å²) in [5.41, 5.74) is 2.67. The van der Waals surface area contributed by atoms with Crippen LogP contribution in [0, 0.1) is 0 Å². The second kappa shape index (κ2) is 8.14. The molecule has 0 spiro atoms. The van der Waals surface area contributed by atoms with Crippen LogP contribution in [0.2, 0.25) is 0 Å². The Kier molecular flexibility index (Phi) is 5.68. The Labute approximate surface area is 160 Å². The van der Waals surface area contributed by atoms with E-state index in [1.54, 1.807) is 18.1 Å². The maximum absolute atomic E-state index is 12.5. The fourth-order valence-electron chi connectivity index (χ4n) is 2.58. The molecule has 26 heavy (non-hydrogen) atoms. The van der Waals surface area contributed by atoms with E-state index < -0.39 is 0 Å². The fourth-order valence-corrected chi connectivity index (χ4v) is 3.14. The van der Waals surface area contributed by atoms with Crippen LogP contribution < -0.4 is 10.1 Å². The first kappa shape index (κ1) is 18.1. The van der Waals surface area contributed by atoms with E-state index in [0.717, 1.165) is 21.3 Å². The van der Waals surface area contributed by atoms with E-state index in [9.17, 15) is 4.79 Å². The molecule has 0 fully saturated rings. The van der Waals surface area contributed by atoms with Crippen LogP contribution in [0.1, 0.15) is 34.5 Å². The summed E-state index contributed by atoms with van der Waals surface area (Å²) in [5.74, 6) is 0.645. The third-order valence-electron chi connectivity index (χ3n) is 4.05. The van der Waals surface area contributed by atoms with Gasteiger partial charge in [-0.1, -0.05) is 18.2 Å². The molecule has 3 aromatic rings. The molecule has 0 radical (unpaired) electrons. The number of carbonyl (C=O) groups excluding carboxylic acids is 1. The number of carbonyl (C=O) groups is 1. The van der Waals surface area contributed by atoms with Crippen LogP contribution in [-0.2, 0) is 6.54 Å². The number of nitrogens with zero attached hydrogens (tertiary/aromatic N) is 3. The van der Waals surface area contributed by atoms with Gasteiger partial charge in [-0.3, -0.25) is 4.79 Å². The lowest BCUT2D eigenvalue weighted by molar-refractivity contribution is 0.0940. The van der Waals surface area contributed by atoms with Crippen LogP contribution in [0.15, 0.2) is 59.6 Å². The summed E-state index contributed by atoms with van der Waals surface area (Å²) in [6.07, 6.45) is 3.16. The highest BCUT2D eigenvalue weighted by molar-refractivity contribution is 9.10. The van der Waals surface area contributed by atoms with Crippen molar-refractivity contribution in [3.63, 3.8) is 0 Å². The first-order valence-electron chi connectivity index (χ1n) is 8.12. The van der Waals surface area contributed by atoms with E-state index in [0.29, 0.717) is 12.1 Å². The summed E-state index contributed by atoms with van der Waals surface area (Å²) >= 11 is 3.47. The van der Waals surface area contributed by atoms with E-state index in [1.807, 2.05) is 49.4 Å². The van der Waals surface area contributed by atoms with Crippen LogP contribution >= 0.6 is 15.9 Å². The summed E-state index contributed by atoms with van der Waals surface area (Å²) in [6, 6.07) is 13.1. The second-order valence-electron chi connectivity index (χ2n) is 5.88. The van der Waals surface area contributed by atoms with Crippen LogP contribution in [0.3, 0.4) is 0 Å². The topological polar surface area (TPSA) is 69.0 Å². The standard InChI is InChI=1S/C19H19BrN4O2/c1-13(16-7-8-18(26-2)17(20)9-16)23-19(25)15-5-3-14(4-6-15)10-24-12-21-11-22-24/h3-9,11-13H,10H2,1-2H3,(H,23,25). The number of ether oxygens (including phenoxy) is 1. The molecule has 1 heterocycles. The first-order chi connectivity index (χ1) is 12.6. The van der Waals surface area contributed by atoms with Crippen LogP contribution in [-0.4, -0.2) is 27.8 Å². The number of aromatic nitrogens is 3. The van der Waals surface area contributed by atoms with Crippen molar-refractivity contribution in [2.75, 3.05) is 7.11 Å². The predicted octanol–water partition coefficient (Wildman–Crippen LogP) is 3.59. The summed E-state index contributed by atoms with van der Waals surface area (Å²) in [4.78, 5) is 16.4. The molecule has 2 aromatic carbocycles. The Morgan fingerprint density at radius 2 is 2.04 bits per heavy atom. The summed E-state index contributed by atoms with van der Waals surface area (Å²) in [7, 11) is 1.62. The van der Waals surface area contributed by atoms with Gasteiger partial charge in [0.1, 0.15) is 18.4 Å². The van der Waals surface area contributed by atoms with Gasteiger partial charge >= 0.3 is 0 Å². The number of rotatable bonds is 6. The van der Waals surface area contributed by atoms with Crippen molar-refractivity contribution in [2.24, 2.45) is 0 Å². The van der Waals surface area contributed by atoms with Crippen molar-refractivity contribution < 1.29 is 9.53 Å². The van der Waals surface area contributed by atoms with Crippen molar-refractivity contribution >= 4 is 21.8 Å². The van der Waals surface area contributed by atoms with Gasteiger partial charge in [-0.15, -0.1) is 0 Å². The molecule has 0 aliphatic rings. The molecule has 3 rings (SSSR count). The predicted molar refractivity (Wildman–Crippen MR) is 102 cm³/mol. The van der Waals surface area contributed by atoms with Crippen molar-refractivity contribution in [1.82, 2.24) is 20.1 Å². The van der Waals surface area contributed by atoms with Crippen molar-refractivity contribution in [3.8, 4) is 5.75 Å². The monoisotopic (exact) mass is 414 g/mol. The van der Waals surface area contributed by atoms with E-state index in [1.165, 1.54) is 6.33 Å². The molecule has 0 saturated carbocycles. The minimum Gasteiger partial charge on any atom is -0.496 e. The summed E-state index contributed by atoms with van der Waals surface area (Å²) < 4.78 is 7.83. The molecule has 0 aliphatic heterocycles. The number of halogens is 1. The maximum atomic E-state index is 12.5. The number of amides is 1. The van der Waals surface area contributed by atoms with Gasteiger partial charge in [0.2, 0.25) is 0 Å². The molecule has 7 heteroatoms. The average Bonchev–Trinajstić information content (AvgIpc) is 3.15. The number of hydrogen-bond acceptors (Lipinski definition) is 4. The van der Waals surface area contributed by atoms with Crippen molar-refractivity contribution in [2.45, 2.75) is 19.5 Å². The molecule has 6 nitrogen and oxygen atoms in total. The zero-order valence-electron chi connectivity index (χ0n) is 14.5. The number of methoxy groups -OCH3 is 1. The zero-order chi connectivity index (χ0) is 18.5. The molecule has 1 unspecified atom stereocenters. The number of nitrogens with one attached hydrogen (secondary N) is 1. The van der Waals surface area contributed by atoms with Gasteiger partial charge in [-0.05, 0) is 58.2 Å². The van der Waals surface area contributed by atoms with Crippen LogP contribution in [0.4, 0.5) is 0 Å². The lowest BCUT2D eigenvalue weighted by Crippen LogP contribution is -2.26. The van der Waals surface area contributed by atoms with E-state index in [4.69, 9.17) is 4.74 Å². The van der Waals surface area contributed by atoms with E-state index in [-0.39, 0.29) is 11.9 Å². The van der Waals surface area contributed by atoms with Gasteiger partial charge < -0.3 is 10.1 Å². The minimum absolute atomic E-state index is 0.114. The zero-order valence-corrected chi connectivity index (χ0v) is 16.1. The van der Waals surface area contributed by atoms with Gasteiger partial charge in [-0.2, -0.15) is 5.10 Å². The smallest absolute Gasteiger partial charge is 0.251 e. The molecule has 1 N–H and O–H groups in total. The highest BCUT2D eigenvalue weighted by Gasteiger charge is 2.13. The quantitative estimate of drug-likeness (QED) is 0.668. The van der Waals surface area contributed by atoms with E-state index in [2.05, 4.69) is 31.3 Å². The van der Waals surface area contributed by atoms with Gasteiger partial charge in [0, 0.05) is 5.56 Å². The van der Waals surface area contributed by atoms with Gasteiger partial charge in [-0.25, -0.2) is 9.67 Å². The Hall–Kier alpha value is -2.67. The highest BCUT2D eigenvalue weighted by Crippen LogP contribution is 2.28. The molecule has 1 aromatic heterocycles. The maximum Gasteiger partial charge on any atom is 0.251 e. The second-order valence-corrected chi connectivity index (χ2v) is 6.73. The average molecular weight is 415 g/mol.